The van der Waals surface area contributed by atoms with Gasteiger partial charge in [0, 0.05) is 23.9 Å². The standard InChI is InChI=1S/C18H17NO4/c1-2-7-19-13-6-4-3-5-11(13)17(18(19)21)12-8-15-16(9-14(12)20)23-10-22-15/h3-6,8-9,17,20H,2,7,10H2,1H3. The molecule has 2 aromatic carbocycles. The summed E-state index contributed by atoms with van der Waals surface area (Å²) in [6.07, 6.45) is 0.875. The number of ether oxygens (including phenoxy) is 2. The van der Waals surface area contributed by atoms with E-state index in [1.807, 2.05) is 31.2 Å². The highest BCUT2D eigenvalue weighted by molar-refractivity contribution is 6.07. The summed E-state index contributed by atoms with van der Waals surface area (Å²) in [7, 11) is 0. The molecule has 23 heavy (non-hydrogen) atoms. The molecule has 0 radical (unpaired) electrons. The van der Waals surface area contributed by atoms with Gasteiger partial charge in [0.05, 0.1) is 5.92 Å². The SMILES string of the molecule is CCCN1C(=O)C(c2cc3c(cc2O)OCO3)c2ccccc21. The first kappa shape index (κ1) is 13.9. The molecule has 2 aliphatic heterocycles. The molecule has 0 fully saturated rings. The molecule has 5 heteroatoms. The zero-order valence-corrected chi connectivity index (χ0v) is 12.8. The van der Waals surface area contributed by atoms with E-state index in [2.05, 4.69) is 0 Å². The Morgan fingerprint density at radius 1 is 1.17 bits per heavy atom. The first-order valence-corrected chi connectivity index (χ1v) is 7.73. The van der Waals surface area contributed by atoms with Gasteiger partial charge in [0.1, 0.15) is 5.75 Å². The molecular formula is C18H17NO4. The van der Waals surface area contributed by atoms with Gasteiger partial charge in [-0.15, -0.1) is 0 Å². The number of para-hydroxylation sites is 1. The van der Waals surface area contributed by atoms with Crippen LogP contribution in [0, 0.1) is 0 Å². The van der Waals surface area contributed by atoms with E-state index in [-0.39, 0.29) is 18.4 Å². The zero-order chi connectivity index (χ0) is 16.0. The first-order valence-electron chi connectivity index (χ1n) is 7.73. The number of fused-ring (bicyclic) bond motifs is 2. The number of aromatic hydroxyl groups is 1. The number of amides is 1. The maximum atomic E-state index is 12.9. The highest BCUT2D eigenvalue weighted by atomic mass is 16.7. The van der Waals surface area contributed by atoms with Crippen LogP contribution in [-0.2, 0) is 4.79 Å². The molecule has 0 saturated carbocycles. The second-order valence-electron chi connectivity index (χ2n) is 5.75. The van der Waals surface area contributed by atoms with Crippen molar-refractivity contribution in [1.82, 2.24) is 0 Å². The van der Waals surface area contributed by atoms with Gasteiger partial charge in [-0.05, 0) is 24.1 Å². The van der Waals surface area contributed by atoms with E-state index >= 15 is 0 Å². The lowest BCUT2D eigenvalue weighted by Gasteiger charge is -2.17. The summed E-state index contributed by atoms with van der Waals surface area (Å²) < 4.78 is 10.7. The highest BCUT2D eigenvalue weighted by Crippen LogP contribution is 2.47. The Kier molecular flexibility index (Phi) is 3.15. The number of phenols is 1. The van der Waals surface area contributed by atoms with Gasteiger partial charge in [0.15, 0.2) is 11.5 Å². The Morgan fingerprint density at radius 3 is 2.70 bits per heavy atom. The molecule has 118 valence electrons. The summed E-state index contributed by atoms with van der Waals surface area (Å²) in [5.74, 6) is 0.614. The minimum absolute atomic E-state index is 0.0118. The van der Waals surface area contributed by atoms with Crippen LogP contribution in [0.1, 0.15) is 30.4 Å². The summed E-state index contributed by atoms with van der Waals surface area (Å²) in [6.45, 7) is 2.84. The topological polar surface area (TPSA) is 59.0 Å². The summed E-state index contributed by atoms with van der Waals surface area (Å²) in [5, 5.41) is 10.4. The van der Waals surface area contributed by atoms with E-state index in [1.165, 1.54) is 6.07 Å². The zero-order valence-electron chi connectivity index (χ0n) is 12.8. The van der Waals surface area contributed by atoms with Crippen molar-refractivity contribution in [2.75, 3.05) is 18.2 Å². The Hall–Kier alpha value is -2.69. The van der Waals surface area contributed by atoms with Crippen LogP contribution in [0.25, 0.3) is 0 Å². The van der Waals surface area contributed by atoms with Crippen LogP contribution in [0.5, 0.6) is 17.2 Å². The molecule has 1 N–H and O–H groups in total. The minimum Gasteiger partial charge on any atom is -0.507 e. The fraction of sp³-hybridized carbons (Fsp3) is 0.278. The maximum Gasteiger partial charge on any atom is 0.239 e. The summed E-state index contributed by atoms with van der Waals surface area (Å²) in [5.41, 5.74) is 2.40. The third-order valence-corrected chi connectivity index (χ3v) is 4.33. The second-order valence-corrected chi connectivity index (χ2v) is 5.75. The molecule has 0 spiro atoms. The lowest BCUT2D eigenvalue weighted by molar-refractivity contribution is -0.118. The van der Waals surface area contributed by atoms with Crippen molar-refractivity contribution in [3.63, 3.8) is 0 Å². The van der Waals surface area contributed by atoms with Gasteiger partial charge in [-0.2, -0.15) is 0 Å². The fourth-order valence-electron chi connectivity index (χ4n) is 3.32. The number of carbonyl (C=O) groups is 1. The number of benzene rings is 2. The smallest absolute Gasteiger partial charge is 0.239 e. The Bertz CT molecular complexity index is 787. The molecule has 0 saturated heterocycles. The van der Waals surface area contributed by atoms with E-state index in [1.54, 1.807) is 11.0 Å². The molecule has 5 nitrogen and oxygen atoms in total. The van der Waals surface area contributed by atoms with Crippen molar-refractivity contribution in [3.8, 4) is 17.2 Å². The van der Waals surface area contributed by atoms with E-state index in [0.29, 0.717) is 23.6 Å². The molecule has 0 bridgehead atoms. The third kappa shape index (κ3) is 2.04. The predicted molar refractivity (Wildman–Crippen MR) is 85.2 cm³/mol. The normalized spacial score (nSPS) is 18.4. The van der Waals surface area contributed by atoms with Gasteiger partial charge in [-0.1, -0.05) is 25.1 Å². The fourth-order valence-corrected chi connectivity index (χ4v) is 3.32. The van der Waals surface area contributed by atoms with Crippen LogP contribution in [0.15, 0.2) is 36.4 Å². The van der Waals surface area contributed by atoms with Gasteiger partial charge in [-0.3, -0.25) is 4.79 Å². The Balaban J connectivity index is 1.85. The number of rotatable bonds is 3. The van der Waals surface area contributed by atoms with E-state index in [0.717, 1.165) is 17.7 Å². The van der Waals surface area contributed by atoms with Gasteiger partial charge in [0.25, 0.3) is 0 Å². The molecule has 0 aromatic heterocycles. The van der Waals surface area contributed by atoms with Gasteiger partial charge >= 0.3 is 0 Å². The van der Waals surface area contributed by atoms with Crippen molar-refractivity contribution in [2.24, 2.45) is 0 Å². The van der Waals surface area contributed by atoms with Crippen molar-refractivity contribution >= 4 is 11.6 Å². The largest absolute Gasteiger partial charge is 0.507 e. The molecule has 0 aliphatic carbocycles. The minimum atomic E-state index is -0.507. The van der Waals surface area contributed by atoms with Crippen molar-refractivity contribution in [2.45, 2.75) is 19.3 Å². The Labute approximate surface area is 134 Å². The number of nitrogens with zero attached hydrogens (tertiary/aromatic N) is 1. The average molecular weight is 311 g/mol. The second kappa shape index (κ2) is 5.19. The predicted octanol–water partition coefficient (Wildman–Crippen LogP) is 3.01. The van der Waals surface area contributed by atoms with Crippen LogP contribution < -0.4 is 14.4 Å². The molecule has 2 heterocycles. The average Bonchev–Trinajstić information content (AvgIpc) is 3.10. The van der Waals surface area contributed by atoms with Crippen LogP contribution >= 0.6 is 0 Å². The number of hydrogen-bond donors (Lipinski definition) is 1. The molecule has 4 rings (SSSR count). The number of carbonyl (C=O) groups excluding carboxylic acids is 1. The maximum absolute atomic E-state index is 12.9. The lowest BCUT2D eigenvalue weighted by atomic mass is 9.91. The van der Waals surface area contributed by atoms with Crippen molar-refractivity contribution in [3.05, 3.63) is 47.5 Å². The first-order chi connectivity index (χ1) is 11.2. The molecule has 2 aromatic rings. The lowest BCUT2D eigenvalue weighted by Crippen LogP contribution is -2.29. The van der Waals surface area contributed by atoms with Gasteiger partial charge in [0.2, 0.25) is 12.7 Å². The molecular weight excluding hydrogens is 294 g/mol. The molecule has 1 amide bonds. The van der Waals surface area contributed by atoms with E-state index < -0.39 is 5.92 Å². The summed E-state index contributed by atoms with van der Waals surface area (Å²) in [4.78, 5) is 14.7. The van der Waals surface area contributed by atoms with Crippen molar-refractivity contribution < 1.29 is 19.4 Å². The monoisotopic (exact) mass is 311 g/mol. The van der Waals surface area contributed by atoms with Crippen molar-refractivity contribution in [1.29, 1.82) is 0 Å². The molecule has 1 atom stereocenters. The number of phenolic OH excluding ortho intramolecular Hbond substituents is 1. The number of hydrogen-bond acceptors (Lipinski definition) is 4. The highest BCUT2D eigenvalue weighted by Gasteiger charge is 2.39. The van der Waals surface area contributed by atoms with E-state index in [9.17, 15) is 9.90 Å². The van der Waals surface area contributed by atoms with Crippen LogP contribution in [0.2, 0.25) is 0 Å². The molecule has 2 aliphatic rings. The van der Waals surface area contributed by atoms with Gasteiger partial charge in [-0.25, -0.2) is 0 Å². The van der Waals surface area contributed by atoms with Gasteiger partial charge < -0.3 is 19.5 Å². The van der Waals surface area contributed by atoms with Crippen LogP contribution in [0.3, 0.4) is 0 Å². The van der Waals surface area contributed by atoms with E-state index in [4.69, 9.17) is 9.47 Å². The number of anilines is 1. The third-order valence-electron chi connectivity index (χ3n) is 4.33. The summed E-state index contributed by atoms with van der Waals surface area (Å²) >= 11 is 0. The quantitative estimate of drug-likeness (QED) is 0.946. The van der Waals surface area contributed by atoms with Crippen LogP contribution in [0.4, 0.5) is 5.69 Å². The van der Waals surface area contributed by atoms with Crippen LogP contribution in [-0.4, -0.2) is 24.4 Å². The summed E-state index contributed by atoms with van der Waals surface area (Å²) in [6, 6.07) is 11.0. The molecule has 1 unspecified atom stereocenters. The Morgan fingerprint density at radius 2 is 1.91 bits per heavy atom.